The van der Waals surface area contributed by atoms with E-state index in [0.717, 1.165) is 6.29 Å². The zero-order chi connectivity index (χ0) is 8.55. The summed E-state index contributed by atoms with van der Waals surface area (Å²) < 4.78 is 0. The third-order valence-corrected chi connectivity index (χ3v) is 1.87. The maximum atomic E-state index is 10.6. The Labute approximate surface area is 69.2 Å². The molecule has 2 heterocycles. The predicted octanol–water partition coefficient (Wildman–Crippen LogP) is -0.687. The van der Waals surface area contributed by atoms with Crippen LogP contribution in [0.25, 0.3) is 0 Å². The lowest BCUT2D eigenvalue weighted by atomic mass is 10.1. The molecule has 0 aliphatic carbocycles. The van der Waals surface area contributed by atoms with Crippen LogP contribution < -0.4 is 5.73 Å². The Kier molecular flexibility index (Phi) is 1.43. The first-order chi connectivity index (χ1) is 5.83. The number of hydrazone groups is 1. The van der Waals surface area contributed by atoms with Gasteiger partial charge in [0.2, 0.25) is 0 Å². The van der Waals surface area contributed by atoms with Gasteiger partial charge in [0.25, 0.3) is 0 Å². The molecule has 2 rings (SSSR count). The number of hydrogen-bond acceptors (Lipinski definition) is 5. The second kappa shape index (κ2) is 2.44. The first kappa shape index (κ1) is 7.02. The number of aldehydes is 1. The third-order valence-electron chi connectivity index (χ3n) is 1.87. The van der Waals surface area contributed by atoms with Crippen molar-refractivity contribution >= 4 is 18.3 Å². The lowest BCUT2D eigenvalue weighted by Crippen LogP contribution is -2.33. The molecule has 0 spiro atoms. The van der Waals surface area contributed by atoms with Crippen LogP contribution in [0.4, 0.5) is 0 Å². The van der Waals surface area contributed by atoms with E-state index in [2.05, 4.69) is 10.1 Å². The van der Waals surface area contributed by atoms with Crippen LogP contribution in [-0.4, -0.2) is 29.5 Å². The Bertz CT molecular complexity index is 294. The minimum absolute atomic E-state index is 0.257. The Morgan fingerprint density at radius 3 is 3.25 bits per heavy atom. The fraction of sp³-hybridized carbons (Fsp3) is 0.286. The summed E-state index contributed by atoms with van der Waals surface area (Å²) in [6, 6.07) is 0. The summed E-state index contributed by atoms with van der Waals surface area (Å²) in [5.74, 6) is -0.0649. The number of nitrogens with zero attached hydrogens (tertiary/aromatic N) is 3. The van der Waals surface area contributed by atoms with Crippen LogP contribution in [0, 0.1) is 5.92 Å². The number of fused-ring (bicyclic) bond motifs is 1. The van der Waals surface area contributed by atoms with Gasteiger partial charge < -0.3 is 10.5 Å². The fourth-order valence-corrected chi connectivity index (χ4v) is 1.26. The molecule has 0 bridgehead atoms. The van der Waals surface area contributed by atoms with E-state index in [1.807, 2.05) is 0 Å². The van der Waals surface area contributed by atoms with Gasteiger partial charge in [0.1, 0.15) is 18.0 Å². The van der Waals surface area contributed by atoms with Crippen LogP contribution >= 0.6 is 0 Å². The molecule has 0 amide bonds. The average molecular weight is 164 g/mol. The molecule has 2 N–H and O–H groups in total. The van der Waals surface area contributed by atoms with Crippen molar-refractivity contribution in [2.45, 2.75) is 6.17 Å². The second-order valence-corrected chi connectivity index (χ2v) is 2.62. The van der Waals surface area contributed by atoms with Crippen molar-refractivity contribution in [2.24, 2.45) is 21.7 Å². The highest BCUT2D eigenvalue weighted by molar-refractivity contribution is 5.97. The maximum Gasteiger partial charge on any atom is 0.158 e. The van der Waals surface area contributed by atoms with Crippen molar-refractivity contribution in [1.82, 2.24) is 5.01 Å². The highest BCUT2D eigenvalue weighted by atomic mass is 16.1. The van der Waals surface area contributed by atoms with Gasteiger partial charge in [0, 0.05) is 12.4 Å². The highest BCUT2D eigenvalue weighted by Gasteiger charge is 2.34. The van der Waals surface area contributed by atoms with E-state index in [1.54, 1.807) is 23.5 Å². The van der Waals surface area contributed by atoms with E-state index in [-0.39, 0.29) is 6.17 Å². The standard InChI is InChI=1S/C7H8N4O/c8-6-5(4-12)7-9-2-1-3-11(7)10-6/h1-5,7H,(H2,8,10). The summed E-state index contributed by atoms with van der Waals surface area (Å²) in [4.78, 5) is 14.7. The average Bonchev–Trinajstić information content (AvgIpc) is 2.40. The Balaban J connectivity index is 2.31. The molecule has 0 saturated heterocycles. The van der Waals surface area contributed by atoms with Crippen LogP contribution in [0.5, 0.6) is 0 Å². The largest absolute Gasteiger partial charge is 0.385 e. The molecule has 0 aromatic carbocycles. The molecule has 2 aliphatic heterocycles. The predicted molar refractivity (Wildman–Crippen MR) is 44.4 cm³/mol. The second-order valence-electron chi connectivity index (χ2n) is 2.62. The summed E-state index contributed by atoms with van der Waals surface area (Å²) >= 11 is 0. The molecule has 5 heteroatoms. The lowest BCUT2D eigenvalue weighted by Gasteiger charge is -2.19. The first-order valence-corrected chi connectivity index (χ1v) is 3.60. The van der Waals surface area contributed by atoms with E-state index < -0.39 is 5.92 Å². The lowest BCUT2D eigenvalue weighted by molar-refractivity contribution is -0.110. The van der Waals surface area contributed by atoms with Crippen LogP contribution in [0.15, 0.2) is 22.4 Å². The number of nitrogens with two attached hydrogens (primary N) is 1. The Morgan fingerprint density at radius 1 is 1.67 bits per heavy atom. The molecule has 2 atom stereocenters. The van der Waals surface area contributed by atoms with E-state index in [9.17, 15) is 4.79 Å². The number of allylic oxidation sites excluding steroid dienone is 1. The minimum Gasteiger partial charge on any atom is -0.385 e. The number of carbonyl (C=O) groups is 1. The quantitative estimate of drug-likeness (QED) is 0.521. The molecule has 0 aromatic heterocycles. The molecule has 12 heavy (non-hydrogen) atoms. The van der Waals surface area contributed by atoms with Gasteiger partial charge in [-0.2, -0.15) is 5.10 Å². The van der Waals surface area contributed by atoms with Gasteiger partial charge in [0.05, 0.1) is 0 Å². The number of aliphatic imine (C=N–C) groups is 1. The summed E-state index contributed by atoms with van der Waals surface area (Å²) in [6.45, 7) is 0. The van der Waals surface area contributed by atoms with Gasteiger partial charge in [-0.25, -0.2) is 5.01 Å². The van der Waals surface area contributed by atoms with Crippen LogP contribution in [0.1, 0.15) is 0 Å². The molecule has 0 aromatic rings. The SMILES string of the molecule is NC1=NN2C=CC=NC2C1C=O. The fourth-order valence-electron chi connectivity index (χ4n) is 1.26. The Hall–Kier alpha value is -1.65. The molecule has 5 nitrogen and oxygen atoms in total. The van der Waals surface area contributed by atoms with Gasteiger partial charge >= 0.3 is 0 Å². The summed E-state index contributed by atoms with van der Waals surface area (Å²) in [7, 11) is 0. The molecular weight excluding hydrogens is 156 g/mol. The van der Waals surface area contributed by atoms with Crippen LogP contribution in [0.2, 0.25) is 0 Å². The van der Waals surface area contributed by atoms with Gasteiger partial charge in [-0.3, -0.25) is 4.99 Å². The van der Waals surface area contributed by atoms with Crippen molar-refractivity contribution in [3.63, 3.8) is 0 Å². The smallest absolute Gasteiger partial charge is 0.158 e. The molecule has 2 unspecified atom stereocenters. The summed E-state index contributed by atoms with van der Waals surface area (Å²) in [5.41, 5.74) is 5.52. The number of hydrogen-bond donors (Lipinski definition) is 1. The van der Waals surface area contributed by atoms with Crippen LogP contribution in [0.3, 0.4) is 0 Å². The van der Waals surface area contributed by atoms with Gasteiger partial charge in [-0.1, -0.05) is 0 Å². The van der Waals surface area contributed by atoms with E-state index in [0.29, 0.717) is 5.84 Å². The number of carbonyl (C=O) groups excluding carboxylic acids is 1. The van der Waals surface area contributed by atoms with Crippen molar-refractivity contribution in [1.29, 1.82) is 0 Å². The molecule has 2 aliphatic rings. The molecule has 0 saturated carbocycles. The minimum atomic E-state index is -0.397. The van der Waals surface area contributed by atoms with E-state index in [1.165, 1.54) is 0 Å². The molecule has 62 valence electrons. The van der Waals surface area contributed by atoms with Crippen molar-refractivity contribution < 1.29 is 4.79 Å². The summed E-state index contributed by atoms with van der Waals surface area (Å²) in [5, 5.41) is 5.55. The molecule has 0 radical (unpaired) electrons. The van der Waals surface area contributed by atoms with Crippen molar-refractivity contribution in [3.8, 4) is 0 Å². The maximum absolute atomic E-state index is 10.6. The molecular formula is C7H8N4O. The highest BCUT2D eigenvalue weighted by Crippen LogP contribution is 2.21. The molecule has 0 fully saturated rings. The zero-order valence-electron chi connectivity index (χ0n) is 6.29. The van der Waals surface area contributed by atoms with Gasteiger partial charge in [0.15, 0.2) is 6.17 Å². The third kappa shape index (κ3) is 0.827. The number of amidine groups is 1. The van der Waals surface area contributed by atoms with E-state index in [4.69, 9.17) is 5.73 Å². The monoisotopic (exact) mass is 164 g/mol. The van der Waals surface area contributed by atoms with E-state index >= 15 is 0 Å². The van der Waals surface area contributed by atoms with Crippen LogP contribution in [-0.2, 0) is 4.79 Å². The summed E-state index contributed by atoms with van der Waals surface area (Å²) in [6.07, 6.45) is 5.66. The Morgan fingerprint density at radius 2 is 2.50 bits per heavy atom. The van der Waals surface area contributed by atoms with Gasteiger partial charge in [-0.15, -0.1) is 0 Å². The van der Waals surface area contributed by atoms with Crippen molar-refractivity contribution in [3.05, 3.63) is 12.3 Å². The first-order valence-electron chi connectivity index (χ1n) is 3.60. The van der Waals surface area contributed by atoms with Gasteiger partial charge in [-0.05, 0) is 6.08 Å². The normalized spacial score (nSPS) is 31.7. The zero-order valence-corrected chi connectivity index (χ0v) is 6.29. The van der Waals surface area contributed by atoms with Crippen molar-refractivity contribution in [2.75, 3.05) is 0 Å². The number of rotatable bonds is 1. The topological polar surface area (TPSA) is 71.0 Å².